The number of benzene rings is 1. The van der Waals surface area contributed by atoms with Gasteiger partial charge in [-0.2, -0.15) is 0 Å². The van der Waals surface area contributed by atoms with Crippen LogP contribution in [0.5, 0.6) is 5.75 Å². The van der Waals surface area contributed by atoms with Crippen molar-refractivity contribution >= 4 is 29.9 Å². The second kappa shape index (κ2) is 11.7. The lowest BCUT2D eigenvalue weighted by Crippen LogP contribution is -2.43. The molecule has 2 heterocycles. The number of fused-ring (bicyclic) bond motifs is 1. The Balaban J connectivity index is 0.00000261. The molecule has 1 fully saturated rings. The van der Waals surface area contributed by atoms with Gasteiger partial charge in [-0.1, -0.05) is 6.42 Å². The molecule has 0 aliphatic carbocycles. The summed E-state index contributed by atoms with van der Waals surface area (Å²) in [6.07, 6.45) is 4.62. The zero-order chi connectivity index (χ0) is 18.2. The van der Waals surface area contributed by atoms with Gasteiger partial charge in [0.25, 0.3) is 0 Å². The molecule has 0 radical (unpaired) electrons. The van der Waals surface area contributed by atoms with E-state index in [9.17, 15) is 4.39 Å². The molecule has 8 heteroatoms. The van der Waals surface area contributed by atoms with Crippen LogP contribution in [0.2, 0.25) is 0 Å². The van der Waals surface area contributed by atoms with E-state index in [1.54, 1.807) is 13.1 Å². The molecule has 0 atom stereocenters. The van der Waals surface area contributed by atoms with Crippen LogP contribution >= 0.6 is 24.0 Å². The molecule has 3 rings (SSSR count). The van der Waals surface area contributed by atoms with E-state index < -0.39 is 0 Å². The van der Waals surface area contributed by atoms with E-state index in [-0.39, 0.29) is 36.6 Å². The van der Waals surface area contributed by atoms with Crippen molar-refractivity contribution in [2.24, 2.45) is 4.99 Å². The van der Waals surface area contributed by atoms with Crippen molar-refractivity contribution in [3.8, 4) is 5.75 Å². The largest absolute Gasteiger partial charge is 0.467 e. The Morgan fingerprint density at radius 3 is 2.74 bits per heavy atom. The molecule has 6 nitrogen and oxygen atoms in total. The average molecular weight is 492 g/mol. The first-order chi connectivity index (χ1) is 12.8. The topological polar surface area (TPSA) is 58.1 Å². The minimum atomic E-state index is -0.253. The molecule has 0 unspecified atom stereocenters. The standard InChI is InChI=1S/C19H29FN4O2.HI/c1-21-19(23-7-10-24-8-3-2-4-9-24)22-6-5-15-11-17(20)12-16-13-25-14-26-18(15)16;/h11-12H,2-10,13-14H2,1H3,(H2,21,22,23);1H. The molecule has 2 N–H and O–H groups in total. The van der Waals surface area contributed by atoms with Crippen molar-refractivity contribution in [2.45, 2.75) is 32.3 Å². The lowest BCUT2D eigenvalue weighted by atomic mass is 10.1. The fourth-order valence-corrected chi connectivity index (χ4v) is 3.49. The minimum Gasteiger partial charge on any atom is -0.467 e. The van der Waals surface area contributed by atoms with Crippen molar-refractivity contribution in [1.29, 1.82) is 0 Å². The van der Waals surface area contributed by atoms with Gasteiger partial charge in [-0.15, -0.1) is 24.0 Å². The molecule has 1 aromatic rings. The van der Waals surface area contributed by atoms with Gasteiger partial charge in [0, 0.05) is 32.2 Å². The Hall–Kier alpha value is -1.13. The van der Waals surface area contributed by atoms with E-state index >= 15 is 0 Å². The molecule has 0 amide bonds. The number of aliphatic imine (C=N–C) groups is 1. The van der Waals surface area contributed by atoms with E-state index in [2.05, 4.69) is 20.5 Å². The third kappa shape index (κ3) is 6.76. The molecule has 27 heavy (non-hydrogen) atoms. The van der Waals surface area contributed by atoms with Gasteiger partial charge in [0.05, 0.1) is 6.61 Å². The molecule has 2 aliphatic rings. The maximum Gasteiger partial charge on any atom is 0.191 e. The first-order valence-corrected chi connectivity index (χ1v) is 9.45. The lowest BCUT2D eigenvalue weighted by molar-refractivity contribution is -0.0172. The fourth-order valence-electron chi connectivity index (χ4n) is 3.49. The maximum atomic E-state index is 13.8. The summed E-state index contributed by atoms with van der Waals surface area (Å²) in [5.74, 6) is 1.28. The van der Waals surface area contributed by atoms with Gasteiger partial charge in [-0.3, -0.25) is 4.99 Å². The molecule has 1 saturated heterocycles. The molecule has 152 valence electrons. The normalized spacial score (nSPS) is 17.5. The van der Waals surface area contributed by atoms with Crippen molar-refractivity contribution in [1.82, 2.24) is 15.5 Å². The minimum absolute atomic E-state index is 0. The summed E-state index contributed by atoms with van der Waals surface area (Å²) in [4.78, 5) is 6.75. The SMILES string of the molecule is CN=C(NCCc1cc(F)cc2c1OCOC2)NCCN1CCCCC1.I. The van der Waals surface area contributed by atoms with Gasteiger partial charge < -0.3 is 25.0 Å². The first-order valence-electron chi connectivity index (χ1n) is 9.45. The Bertz CT molecular complexity index is 624. The summed E-state index contributed by atoms with van der Waals surface area (Å²) >= 11 is 0. The number of halogens is 2. The lowest BCUT2D eigenvalue weighted by Gasteiger charge is -2.26. The van der Waals surface area contributed by atoms with Crippen LogP contribution in [-0.2, 0) is 17.8 Å². The Kier molecular flexibility index (Phi) is 9.57. The van der Waals surface area contributed by atoms with E-state index in [0.29, 0.717) is 19.6 Å². The van der Waals surface area contributed by atoms with Crippen LogP contribution in [0.15, 0.2) is 17.1 Å². The smallest absolute Gasteiger partial charge is 0.191 e. The van der Waals surface area contributed by atoms with Gasteiger partial charge in [-0.25, -0.2) is 4.39 Å². The van der Waals surface area contributed by atoms with E-state index in [1.165, 1.54) is 38.4 Å². The van der Waals surface area contributed by atoms with Crippen LogP contribution in [-0.4, -0.2) is 57.4 Å². The number of nitrogens with one attached hydrogen (secondary N) is 2. The number of nitrogens with zero attached hydrogens (tertiary/aromatic N) is 2. The van der Waals surface area contributed by atoms with Crippen molar-refractivity contribution in [2.75, 3.05) is 46.6 Å². The van der Waals surface area contributed by atoms with Crippen LogP contribution in [0.4, 0.5) is 4.39 Å². The van der Waals surface area contributed by atoms with Crippen molar-refractivity contribution in [3.05, 3.63) is 29.1 Å². The monoisotopic (exact) mass is 492 g/mol. The molecule has 2 aliphatic heterocycles. The van der Waals surface area contributed by atoms with Gasteiger partial charge >= 0.3 is 0 Å². The summed E-state index contributed by atoms with van der Waals surface area (Å²) in [5, 5.41) is 6.64. The number of rotatable bonds is 6. The summed E-state index contributed by atoms with van der Waals surface area (Å²) < 4.78 is 24.6. The van der Waals surface area contributed by atoms with Crippen molar-refractivity contribution < 1.29 is 13.9 Å². The van der Waals surface area contributed by atoms with Gasteiger partial charge in [0.1, 0.15) is 11.6 Å². The average Bonchev–Trinajstić information content (AvgIpc) is 2.67. The van der Waals surface area contributed by atoms with Gasteiger partial charge in [0.15, 0.2) is 12.8 Å². The van der Waals surface area contributed by atoms with Crippen LogP contribution < -0.4 is 15.4 Å². The van der Waals surface area contributed by atoms with Crippen LogP contribution in [0.1, 0.15) is 30.4 Å². The van der Waals surface area contributed by atoms with E-state index in [0.717, 1.165) is 35.9 Å². The Morgan fingerprint density at radius 2 is 1.96 bits per heavy atom. The predicted molar refractivity (Wildman–Crippen MR) is 115 cm³/mol. The number of guanidine groups is 1. The third-order valence-corrected chi connectivity index (χ3v) is 4.83. The van der Waals surface area contributed by atoms with Gasteiger partial charge in [-0.05, 0) is 50.0 Å². The van der Waals surface area contributed by atoms with Gasteiger partial charge in [0.2, 0.25) is 0 Å². The molecule has 0 saturated carbocycles. The maximum absolute atomic E-state index is 13.8. The van der Waals surface area contributed by atoms with E-state index in [1.807, 2.05) is 0 Å². The second-order valence-corrected chi connectivity index (χ2v) is 6.74. The zero-order valence-electron chi connectivity index (χ0n) is 15.9. The summed E-state index contributed by atoms with van der Waals surface area (Å²) in [7, 11) is 1.76. The highest BCUT2D eigenvalue weighted by atomic mass is 127. The van der Waals surface area contributed by atoms with Crippen LogP contribution in [0, 0.1) is 5.82 Å². The molecule has 0 spiro atoms. The predicted octanol–water partition coefficient (Wildman–Crippen LogP) is 2.50. The Morgan fingerprint density at radius 1 is 1.19 bits per heavy atom. The summed E-state index contributed by atoms with van der Waals surface area (Å²) in [5.41, 5.74) is 1.63. The fraction of sp³-hybridized carbons (Fsp3) is 0.632. The third-order valence-electron chi connectivity index (χ3n) is 4.83. The second-order valence-electron chi connectivity index (χ2n) is 6.74. The number of hydrogen-bond acceptors (Lipinski definition) is 4. The van der Waals surface area contributed by atoms with E-state index in [4.69, 9.17) is 9.47 Å². The first kappa shape index (κ1) is 22.2. The number of likely N-dealkylation sites (tertiary alicyclic amines) is 1. The molecular formula is C19H30FIN4O2. The molecule has 1 aromatic carbocycles. The van der Waals surface area contributed by atoms with Crippen molar-refractivity contribution in [3.63, 3.8) is 0 Å². The number of hydrogen-bond donors (Lipinski definition) is 2. The molecule has 0 aromatic heterocycles. The molecule has 0 bridgehead atoms. The highest BCUT2D eigenvalue weighted by Gasteiger charge is 2.17. The molecular weight excluding hydrogens is 462 g/mol. The zero-order valence-corrected chi connectivity index (χ0v) is 18.3. The van der Waals surface area contributed by atoms with Crippen LogP contribution in [0.25, 0.3) is 0 Å². The Labute approximate surface area is 177 Å². The summed E-state index contributed by atoms with van der Waals surface area (Å²) in [6.45, 7) is 5.57. The quantitative estimate of drug-likeness (QED) is 0.363. The summed E-state index contributed by atoms with van der Waals surface area (Å²) in [6, 6.07) is 3.02. The number of piperidine rings is 1. The highest BCUT2D eigenvalue weighted by molar-refractivity contribution is 14.0. The number of ether oxygens (including phenoxy) is 2. The van der Waals surface area contributed by atoms with Crippen LogP contribution in [0.3, 0.4) is 0 Å². The highest BCUT2D eigenvalue weighted by Crippen LogP contribution is 2.29.